The van der Waals surface area contributed by atoms with Gasteiger partial charge in [0.1, 0.15) is 11.6 Å². The highest BCUT2D eigenvalue weighted by Gasteiger charge is 2.09. The van der Waals surface area contributed by atoms with Crippen LogP contribution in [0, 0.1) is 12.7 Å². The maximum Gasteiger partial charge on any atom is 0.234 e. The van der Waals surface area contributed by atoms with E-state index >= 15 is 0 Å². The van der Waals surface area contributed by atoms with Gasteiger partial charge in [-0.25, -0.2) is 4.39 Å². The standard InChI is InChI=1S/C20H19FN2O3S/c1-12-3-6-19(26-2)17(7-12)23-20(25)11-27-10-14-9-18(24)15-8-13(21)4-5-16(15)22-14/h3-9H,10-11H2,1-2H3,(H,22,24)(H,23,25). The third kappa shape index (κ3) is 4.68. The number of pyridine rings is 1. The third-order valence-corrected chi connectivity index (χ3v) is 4.95. The third-order valence-electron chi connectivity index (χ3n) is 3.97. The lowest BCUT2D eigenvalue weighted by molar-refractivity contribution is -0.113. The van der Waals surface area contributed by atoms with E-state index in [1.807, 2.05) is 19.1 Å². The molecule has 0 fully saturated rings. The molecule has 3 rings (SSSR count). The Morgan fingerprint density at radius 2 is 2.04 bits per heavy atom. The first kappa shape index (κ1) is 19.0. The van der Waals surface area contributed by atoms with Gasteiger partial charge in [0.2, 0.25) is 5.91 Å². The number of hydrogen-bond acceptors (Lipinski definition) is 4. The summed E-state index contributed by atoms with van der Waals surface area (Å²) in [6.45, 7) is 1.94. The zero-order valence-corrected chi connectivity index (χ0v) is 15.8. The molecule has 7 heteroatoms. The second-order valence-electron chi connectivity index (χ2n) is 6.09. The fourth-order valence-electron chi connectivity index (χ4n) is 2.71. The van der Waals surface area contributed by atoms with Gasteiger partial charge in [0.15, 0.2) is 5.43 Å². The van der Waals surface area contributed by atoms with E-state index in [2.05, 4.69) is 10.3 Å². The number of H-pyrrole nitrogens is 1. The first-order chi connectivity index (χ1) is 13.0. The highest BCUT2D eigenvalue weighted by atomic mass is 32.2. The Labute approximate surface area is 159 Å². The number of thioether (sulfide) groups is 1. The minimum Gasteiger partial charge on any atom is -0.495 e. The lowest BCUT2D eigenvalue weighted by atomic mass is 10.2. The lowest BCUT2D eigenvalue weighted by Crippen LogP contribution is -2.15. The molecule has 0 saturated heterocycles. The van der Waals surface area contributed by atoms with Crippen LogP contribution >= 0.6 is 11.8 Å². The van der Waals surface area contributed by atoms with Gasteiger partial charge >= 0.3 is 0 Å². The van der Waals surface area contributed by atoms with Crippen molar-refractivity contribution < 1.29 is 13.9 Å². The monoisotopic (exact) mass is 386 g/mol. The van der Waals surface area contributed by atoms with E-state index in [1.54, 1.807) is 13.2 Å². The van der Waals surface area contributed by atoms with Crippen LogP contribution in [0.5, 0.6) is 5.75 Å². The van der Waals surface area contributed by atoms with E-state index < -0.39 is 5.82 Å². The smallest absolute Gasteiger partial charge is 0.234 e. The number of amides is 1. The van der Waals surface area contributed by atoms with Crippen molar-refractivity contribution in [2.75, 3.05) is 18.2 Å². The molecule has 0 spiro atoms. The van der Waals surface area contributed by atoms with Gasteiger partial charge in [-0.2, -0.15) is 0 Å². The Kier molecular flexibility index (Phi) is 5.81. The number of aromatic nitrogens is 1. The van der Waals surface area contributed by atoms with Crippen LogP contribution in [0.1, 0.15) is 11.3 Å². The number of nitrogens with one attached hydrogen (secondary N) is 2. The second-order valence-corrected chi connectivity index (χ2v) is 7.08. The highest BCUT2D eigenvalue weighted by Crippen LogP contribution is 2.25. The molecular formula is C20H19FN2O3S. The number of anilines is 1. The van der Waals surface area contributed by atoms with Gasteiger partial charge in [0, 0.05) is 28.4 Å². The number of aromatic amines is 1. The van der Waals surface area contributed by atoms with E-state index in [4.69, 9.17) is 4.74 Å². The molecule has 1 heterocycles. The van der Waals surface area contributed by atoms with Crippen molar-refractivity contribution in [3.05, 3.63) is 69.8 Å². The maximum atomic E-state index is 13.3. The minimum absolute atomic E-state index is 0.158. The summed E-state index contributed by atoms with van der Waals surface area (Å²) in [6, 6.07) is 11.1. The Morgan fingerprint density at radius 1 is 1.22 bits per heavy atom. The molecule has 0 aliphatic carbocycles. The average molecular weight is 386 g/mol. The first-order valence-electron chi connectivity index (χ1n) is 8.30. The first-order valence-corrected chi connectivity index (χ1v) is 9.45. The van der Waals surface area contributed by atoms with Gasteiger partial charge in [0.25, 0.3) is 0 Å². The van der Waals surface area contributed by atoms with Crippen LogP contribution in [-0.2, 0) is 10.5 Å². The molecule has 3 aromatic rings. The molecule has 1 amide bonds. The number of carbonyl (C=O) groups is 1. The van der Waals surface area contributed by atoms with Crippen LogP contribution in [0.4, 0.5) is 10.1 Å². The zero-order chi connectivity index (χ0) is 19.4. The van der Waals surface area contributed by atoms with Crippen LogP contribution in [0.25, 0.3) is 10.9 Å². The lowest BCUT2D eigenvalue weighted by Gasteiger charge is -2.11. The molecule has 5 nitrogen and oxygen atoms in total. The fraction of sp³-hybridized carbons (Fsp3) is 0.200. The summed E-state index contributed by atoms with van der Waals surface area (Å²) in [5.74, 6) is 0.680. The number of aryl methyl sites for hydroxylation is 1. The molecular weight excluding hydrogens is 367 g/mol. The minimum atomic E-state index is -0.446. The second kappa shape index (κ2) is 8.26. The molecule has 2 aromatic carbocycles. The molecule has 0 saturated carbocycles. The number of ether oxygens (including phenoxy) is 1. The van der Waals surface area contributed by atoms with Crippen LogP contribution in [0.15, 0.2) is 47.3 Å². The van der Waals surface area contributed by atoms with Crippen LogP contribution in [0.3, 0.4) is 0 Å². The summed E-state index contributed by atoms with van der Waals surface area (Å²) >= 11 is 1.37. The van der Waals surface area contributed by atoms with Gasteiger partial charge in [-0.3, -0.25) is 9.59 Å². The average Bonchev–Trinajstić information content (AvgIpc) is 2.62. The number of hydrogen-bond donors (Lipinski definition) is 2. The van der Waals surface area contributed by atoms with E-state index in [-0.39, 0.29) is 17.1 Å². The highest BCUT2D eigenvalue weighted by molar-refractivity contribution is 7.99. The van der Waals surface area contributed by atoms with Gasteiger partial charge < -0.3 is 15.0 Å². The van der Waals surface area contributed by atoms with Crippen molar-refractivity contribution in [3.8, 4) is 5.75 Å². The number of halogens is 1. The van der Waals surface area contributed by atoms with Crippen molar-refractivity contribution in [1.29, 1.82) is 0 Å². The molecule has 27 heavy (non-hydrogen) atoms. The number of benzene rings is 2. The topological polar surface area (TPSA) is 71.2 Å². The number of methoxy groups -OCH3 is 1. The largest absolute Gasteiger partial charge is 0.495 e. The Balaban J connectivity index is 1.62. The van der Waals surface area contributed by atoms with Gasteiger partial charge in [0.05, 0.1) is 18.6 Å². The molecule has 0 atom stereocenters. The fourth-order valence-corrected chi connectivity index (χ4v) is 3.45. The van der Waals surface area contributed by atoms with Gasteiger partial charge in [-0.1, -0.05) is 6.07 Å². The predicted octanol–water partition coefficient (Wildman–Crippen LogP) is 3.86. The summed E-state index contributed by atoms with van der Waals surface area (Å²) in [4.78, 5) is 27.4. The summed E-state index contributed by atoms with van der Waals surface area (Å²) < 4.78 is 18.5. The molecule has 2 N–H and O–H groups in total. The van der Waals surface area contributed by atoms with Gasteiger partial charge in [-0.05, 0) is 42.8 Å². The summed E-state index contributed by atoms with van der Waals surface area (Å²) in [5.41, 5.74) is 2.67. The van der Waals surface area contributed by atoms with Crippen molar-refractivity contribution in [2.24, 2.45) is 0 Å². The Hall–Kier alpha value is -2.80. The molecule has 0 unspecified atom stereocenters. The van der Waals surface area contributed by atoms with Gasteiger partial charge in [-0.15, -0.1) is 11.8 Å². The maximum absolute atomic E-state index is 13.3. The molecule has 0 aliphatic rings. The van der Waals surface area contributed by atoms with Crippen molar-refractivity contribution in [2.45, 2.75) is 12.7 Å². The number of carbonyl (C=O) groups excluding carboxylic acids is 1. The molecule has 140 valence electrons. The number of rotatable bonds is 6. The molecule has 1 aromatic heterocycles. The molecule has 0 bridgehead atoms. The van der Waals surface area contributed by atoms with Crippen molar-refractivity contribution >= 4 is 34.3 Å². The summed E-state index contributed by atoms with van der Waals surface area (Å²) in [6.07, 6.45) is 0. The predicted molar refractivity (Wildman–Crippen MR) is 107 cm³/mol. The summed E-state index contributed by atoms with van der Waals surface area (Å²) in [5, 5.41) is 3.15. The quantitative estimate of drug-likeness (QED) is 0.675. The van der Waals surface area contributed by atoms with Crippen molar-refractivity contribution in [1.82, 2.24) is 4.98 Å². The zero-order valence-electron chi connectivity index (χ0n) is 15.0. The van der Waals surface area contributed by atoms with E-state index in [0.29, 0.717) is 33.8 Å². The van der Waals surface area contributed by atoms with Crippen LogP contribution < -0.4 is 15.5 Å². The van der Waals surface area contributed by atoms with Crippen LogP contribution in [-0.4, -0.2) is 23.8 Å². The molecule has 0 radical (unpaired) electrons. The van der Waals surface area contributed by atoms with Crippen molar-refractivity contribution in [3.63, 3.8) is 0 Å². The SMILES string of the molecule is COc1ccc(C)cc1NC(=O)CSCc1cc(=O)c2cc(F)ccc2[nH]1. The number of fused-ring (bicyclic) bond motifs is 1. The Morgan fingerprint density at radius 3 is 2.81 bits per heavy atom. The van der Waals surface area contributed by atoms with Crippen LogP contribution in [0.2, 0.25) is 0 Å². The van der Waals surface area contributed by atoms with E-state index in [1.165, 1.54) is 36.0 Å². The van der Waals surface area contributed by atoms with E-state index in [0.717, 1.165) is 5.56 Å². The van der Waals surface area contributed by atoms with E-state index in [9.17, 15) is 14.0 Å². The molecule has 0 aliphatic heterocycles. The summed E-state index contributed by atoms with van der Waals surface area (Å²) in [7, 11) is 1.55. The Bertz CT molecular complexity index is 1050. The normalized spacial score (nSPS) is 10.8.